The topological polar surface area (TPSA) is 108 Å². The SMILES string of the molecule is CCCCCCCCCCCCCCCCCCCCCCCCCC/C=C/CC/C=C/C(O)C(COP(=O)([O-])OCC[N+](C)(C)C)NC(=O)CCCCCCCCCCCCCC. The minimum absolute atomic E-state index is 0.00406. The maximum Gasteiger partial charge on any atom is 0.268 e. The van der Waals surface area contributed by atoms with Gasteiger partial charge in [-0.2, -0.15) is 0 Å². The third-order valence-electron chi connectivity index (χ3n) is 12.7. The predicted octanol–water partition coefficient (Wildman–Crippen LogP) is 15.8. The van der Waals surface area contributed by atoms with Crippen molar-refractivity contribution in [2.24, 2.45) is 0 Å². The van der Waals surface area contributed by atoms with Crippen LogP contribution in [0.3, 0.4) is 0 Å². The van der Waals surface area contributed by atoms with Gasteiger partial charge in [0.15, 0.2) is 0 Å². The number of aliphatic hydroxyl groups excluding tert-OH is 1. The lowest BCUT2D eigenvalue weighted by Gasteiger charge is -2.29. The van der Waals surface area contributed by atoms with Crippen LogP contribution in [0.2, 0.25) is 0 Å². The zero-order chi connectivity index (χ0) is 47.1. The smallest absolute Gasteiger partial charge is 0.268 e. The molecule has 1 amide bonds. The van der Waals surface area contributed by atoms with Gasteiger partial charge in [-0.1, -0.05) is 256 Å². The van der Waals surface area contributed by atoms with Crippen molar-refractivity contribution in [2.45, 2.75) is 283 Å². The van der Waals surface area contributed by atoms with Crippen LogP contribution >= 0.6 is 7.82 Å². The number of likely N-dealkylation sites (N-methyl/N-ethyl adjacent to an activating group) is 1. The van der Waals surface area contributed by atoms with Gasteiger partial charge >= 0.3 is 0 Å². The van der Waals surface area contributed by atoms with E-state index >= 15 is 0 Å². The van der Waals surface area contributed by atoms with E-state index in [1.54, 1.807) is 6.08 Å². The highest BCUT2D eigenvalue weighted by molar-refractivity contribution is 7.45. The molecule has 0 radical (unpaired) electrons. The fourth-order valence-corrected chi connectivity index (χ4v) is 9.01. The third kappa shape index (κ3) is 48.9. The Hall–Kier alpha value is -1.02. The summed E-state index contributed by atoms with van der Waals surface area (Å²) in [5, 5.41) is 13.8. The molecule has 0 aromatic carbocycles. The van der Waals surface area contributed by atoms with Gasteiger partial charge < -0.3 is 28.8 Å². The largest absolute Gasteiger partial charge is 0.756 e. The second kappa shape index (κ2) is 47.1. The van der Waals surface area contributed by atoms with Crippen LogP contribution in [0.15, 0.2) is 24.3 Å². The van der Waals surface area contributed by atoms with Gasteiger partial charge in [-0.15, -0.1) is 0 Å². The number of rotatable bonds is 51. The van der Waals surface area contributed by atoms with Crippen molar-refractivity contribution in [3.05, 3.63) is 24.3 Å². The Labute approximate surface area is 398 Å². The van der Waals surface area contributed by atoms with E-state index in [2.05, 4.69) is 31.3 Å². The number of allylic oxidation sites excluding steroid dienone is 3. The number of hydrogen-bond acceptors (Lipinski definition) is 6. The highest BCUT2D eigenvalue weighted by Gasteiger charge is 2.23. The van der Waals surface area contributed by atoms with Crippen LogP contribution in [0.25, 0.3) is 0 Å². The molecule has 0 heterocycles. The molecule has 2 N–H and O–H groups in total. The van der Waals surface area contributed by atoms with E-state index in [-0.39, 0.29) is 19.1 Å². The summed E-state index contributed by atoms with van der Waals surface area (Å²) in [6.07, 6.45) is 58.4. The monoisotopic (exact) mass is 925 g/mol. The fourth-order valence-electron chi connectivity index (χ4n) is 8.29. The number of phosphoric ester groups is 1. The summed E-state index contributed by atoms with van der Waals surface area (Å²) in [5.41, 5.74) is 0. The van der Waals surface area contributed by atoms with Crippen LogP contribution < -0.4 is 10.2 Å². The zero-order valence-electron chi connectivity index (χ0n) is 43.3. The lowest BCUT2D eigenvalue weighted by atomic mass is 10.0. The maximum absolute atomic E-state index is 12.9. The number of carbonyl (C=O) groups excluding carboxylic acids is 1. The quantitative estimate of drug-likeness (QED) is 0.0272. The molecule has 380 valence electrons. The average molecular weight is 925 g/mol. The van der Waals surface area contributed by atoms with E-state index in [9.17, 15) is 19.4 Å². The number of aliphatic hydroxyl groups is 1. The fraction of sp³-hybridized carbons (Fsp3) is 0.909. The van der Waals surface area contributed by atoms with Crippen LogP contribution in [-0.4, -0.2) is 68.5 Å². The first-order valence-corrected chi connectivity index (χ1v) is 29.2. The molecule has 8 nitrogen and oxygen atoms in total. The standard InChI is InChI=1S/C55H109N2O6P/c1-6-8-10-12-14-16-18-20-21-22-23-24-25-26-27-28-29-30-31-32-33-34-35-36-37-38-40-42-44-46-48-54(58)53(52-63-64(60,61)62-51-50-57(3,4)5)56-55(59)49-47-45-43-41-39-19-17-15-13-11-9-7-2/h38,40,46,48,53-54,58H,6-37,39,41-45,47,49-52H2,1-5H3,(H-,56,59,60,61)/b40-38+,48-46+. The van der Waals surface area contributed by atoms with Crippen LogP contribution in [0.4, 0.5) is 0 Å². The summed E-state index contributed by atoms with van der Waals surface area (Å²) < 4.78 is 23.3. The van der Waals surface area contributed by atoms with Gasteiger partial charge in [0.25, 0.3) is 7.82 Å². The lowest BCUT2D eigenvalue weighted by molar-refractivity contribution is -0.870. The van der Waals surface area contributed by atoms with Crippen molar-refractivity contribution in [1.29, 1.82) is 0 Å². The Morgan fingerprint density at radius 1 is 0.531 bits per heavy atom. The molecule has 0 saturated heterocycles. The summed E-state index contributed by atoms with van der Waals surface area (Å²) in [5.74, 6) is -0.205. The van der Waals surface area contributed by atoms with E-state index in [0.29, 0.717) is 17.4 Å². The number of carbonyl (C=O) groups is 1. The summed E-state index contributed by atoms with van der Waals surface area (Å²) in [7, 11) is 1.25. The number of nitrogens with zero attached hydrogens (tertiary/aromatic N) is 1. The van der Waals surface area contributed by atoms with Gasteiger partial charge in [0, 0.05) is 6.42 Å². The minimum atomic E-state index is -4.60. The highest BCUT2D eigenvalue weighted by Crippen LogP contribution is 2.38. The van der Waals surface area contributed by atoms with Crippen molar-refractivity contribution in [2.75, 3.05) is 40.9 Å². The molecule has 0 aliphatic rings. The normalized spacial score (nSPS) is 14.2. The molecular weight excluding hydrogens is 816 g/mol. The molecule has 64 heavy (non-hydrogen) atoms. The molecule has 0 saturated carbocycles. The van der Waals surface area contributed by atoms with Gasteiger partial charge in [0.05, 0.1) is 39.9 Å². The number of phosphoric acid groups is 1. The van der Waals surface area contributed by atoms with E-state index in [1.807, 2.05) is 27.2 Å². The molecule has 0 rings (SSSR count). The second-order valence-corrected chi connectivity index (χ2v) is 21.7. The number of nitrogens with one attached hydrogen (secondary N) is 1. The van der Waals surface area contributed by atoms with E-state index in [1.165, 1.54) is 212 Å². The second-order valence-electron chi connectivity index (χ2n) is 20.3. The Morgan fingerprint density at radius 3 is 1.27 bits per heavy atom. The number of unbranched alkanes of at least 4 members (excludes halogenated alkanes) is 36. The highest BCUT2D eigenvalue weighted by atomic mass is 31.2. The molecule has 0 aromatic heterocycles. The molecule has 0 aliphatic heterocycles. The molecular formula is C55H109N2O6P. The van der Waals surface area contributed by atoms with Crippen molar-refractivity contribution >= 4 is 13.7 Å². The summed E-state index contributed by atoms with van der Waals surface area (Å²) in [6, 6.07) is -0.899. The third-order valence-corrected chi connectivity index (χ3v) is 13.6. The van der Waals surface area contributed by atoms with Crippen LogP contribution in [0, 0.1) is 0 Å². The molecule has 0 spiro atoms. The molecule has 9 heteroatoms. The average Bonchev–Trinajstić information content (AvgIpc) is 3.25. The number of hydrogen-bond donors (Lipinski definition) is 2. The van der Waals surface area contributed by atoms with E-state index in [0.717, 1.165) is 38.5 Å². The van der Waals surface area contributed by atoms with Gasteiger partial charge in [-0.05, 0) is 32.1 Å². The Balaban J connectivity index is 4.12. The summed E-state index contributed by atoms with van der Waals surface area (Å²) in [6.45, 7) is 4.65. The number of quaternary nitrogens is 1. The Bertz CT molecular complexity index is 1090. The van der Waals surface area contributed by atoms with Gasteiger partial charge in [0.2, 0.25) is 5.91 Å². The first kappa shape index (κ1) is 63.0. The zero-order valence-corrected chi connectivity index (χ0v) is 44.1. The van der Waals surface area contributed by atoms with E-state index < -0.39 is 20.0 Å². The molecule has 0 fully saturated rings. The molecule has 0 bridgehead atoms. The van der Waals surface area contributed by atoms with Crippen molar-refractivity contribution in [1.82, 2.24) is 5.32 Å². The number of amides is 1. The van der Waals surface area contributed by atoms with Gasteiger partial charge in [0.1, 0.15) is 13.2 Å². The first-order valence-electron chi connectivity index (χ1n) is 27.7. The Morgan fingerprint density at radius 2 is 0.875 bits per heavy atom. The molecule has 0 aromatic rings. The molecule has 3 atom stereocenters. The molecule has 0 aliphatic carbocycles. The van der Waals surface area contributed by atoms with Crippen molar-refractivity contribution < 1.29 is 32.9 Å². The Kier molecular flexibility index (Phi) is 46.3. The maximum atomic E-state index is 12.9. The minimum Gasteiger partial charge on any atom is -0.756 e. The first-order chi connectivity index (χ1) is 31.0. The predicted molar refractivity (Wildman–Crippen MR) is 275 cm³/mol. The summed E-state index contributed by atoms with van der Waals surface area (Å²) in [4.78, 5) is 25.3. The van der Waals surface area contributed by atoms with Crippen molar-refractivity contribution in [3.8, 4) is 0 Å². The van der Waals surface area contributed by atoms with Crippen LogP contribution in [0.1, 0.15) is 271 Å². The van der Waals surface area contributed by atoms with E-state index in [4.69, 9.17) is 9.05 Å². The molecule has 3 unspecified atom stereocenters. The van der Waals surface area contributed by atoms with Gasteiger partial charge in [-0.25, -0.2) is 0 Å². The van der Waals surface area contributed by atoms with Gasteiger partial charge in [-0.3, -0.25) is 9.36 Å². The van der Waals surface area contributed by atoms with Crippen LogP contribution in [0.5, 0.6) is 0 Å². The lowest BCUT2D eigenvalue weighted by Crippen LogP contribution is -2.45. The van der Waals surface area contributed by atoms with Crippen LogP contribution in [-0.2, 0) is 18.4 Å². The summed E-state index contributed by atoms with van der Waals surface area (Å²) >= 11 is 0. The van der Waals surface area contributed by atoms with Crippen molar-refractivity contribution in [3.63, 3.8) is 0 Å².